The van der Waals surface area contributed by atoms with Gasteiger partial charge in [0.2, 0.25) is 0 Å². The third-order valence-corrected chi connectivity index (χ3v) is 1.70. The Morgan fingerprint density at radius 2 is 2.33 bits per heavy atom. The Labute approximate surface area is 68.6 Å². The van der Waals surface area contributed by atoms with E-state index in [0.29, 0.717) is 5.56 Å². The van der Waals surface area contributed by atoms with Gasteiger partial charge >= 0.3 is 0 Å². The van der Waals surface area contributed by atoms with Crippen LogP contribution in [0, 0.1) is 0 Å². The topological polar surface area (TPSA) is 60.4 Å². The van der Waals surface area contributed by atoms with Gasteiger partial charge in [-0.3, -0.25) is 4.79 Å². The first-order valence-corrected chi connectivity index (χ1v) is 3.51. The van der Waals surface area contributed by atoms with Crippen molar-refractivity contribution in [3.8, 4) is 0 Å². The highest BCUT2D eigenvalue weighted by Gasteiger charge is 2.06. The van der Waals surface area contributed by atoms with Gasteiger partial charge in [0.25, 0.3) is 5.91 Å². The van der Waals surface area contributed by atoms with Crippen molar-refractivity contribution in [3.63, 3.8) is 0 Å². The van der Waals surface area contributed by atoms with Gasteiger partial charge in [0.15, 0.2) is 0 Å². The van der Waals surface area contributed by atoms with Crippen LogP contribution in [0.15, 0.2) is 30.6 Å². The summed E-state index contributed by atoms with van der Waals surface area (Å²) < 4.78 is 1.61. The first-order valence-electron chi connectivity index (χ1n) is 3.51. The summed E-state index contributed by atoms with van der Waals surface area (Å²) in [5.41, 5.74) is 6.39. The van der Waals surface area contributed by atoms with E-state index in [1.54, 1.807) is 35.1 Å². The van der Waals surface area contributed by atoms with E-state index in [1.165, 1.54) is 0 Å². The summed E-state index contributed by atoms with van der Waals surface area (Å²) in [6.07, 6.45) is 3.35. The van der Waals surface area contributed by atoms with Crippen molar-refractivity contribution in [1.29, 1.82) is 0 Å². The second-order valence-corrected chi connectivity index (χ2v) is 2.45. The minimum absolute atomic E-state index is 0.425. The molecule has 0 atom stereocenters. The first-order chi connectivity index (χ1) is 5.79. The van der Waals surface area contributed by atoms with E-state index < -0.39 is 5.91 Å². The molecule has 0 saturated carbocycles. The molecule has 0 aliphatic carbocycles. The zero-order valence-electron chi connectivity index (χ0n) is 6.27. The largest absolute Gasteiger partial charge is 0.366 e. The van der Waals surface area contributed by atoms with E-state index in [4.69, 9.17) is 5.73 Å². The molecule has 2 heterocycles. The van der Waals surface area contributed by atoms with E-state index in [2.05, 4.69) is 5.10 Å². The Kier molecular flexibility index (Phi) is 1.33. The minimum atomic E-state index is -0.425. The highest BCUT2D eigenvalue weighted by Crippen LogP contribution is 2.09. The lowest BCUT2D eigenvalue weighted by molar-refractivity contribution is 0.100. The molecule has 2 aromatic rings. The molecule has 2 N–H and O–H groups in total. The molecular formula is C8H7N3O. The van der Waals surface area contributed by atoms with Crippen LogP contribution in [-0.4, -0.2) is 15.5 Å². The molecular weight excluding hydrogens is 154 g/mol. The maximum absolute atomic E-state index is 10.9. The molecule has 0 unspecified atom stereocenters. The van der Waals surface area contributed by atoms with Crippen LogP contribution in [0.25, 0.3) is 5.52 Å². The summed E-state index contributed by atoms with van der Waals surface area (Å²) in [4.78, 5) is 10.9. The van der Waals surface area contributed by atoms with E-state index in [9.17, 15) is 4.79 Å². The van der Waals surface area contributed by atoms with Crippen LogP contribution in [0.5, 0.6) is 0 Å². The number of hydrogen-bond donors (Lipinski definition) is 1. The molecule has 0 aromatic carbocycles. The summed E-state index contributed by atoms with van der Waals surface area (Å²) in [5.74, 6) is -0.425. The normalized spacial score (nSPS) is 10.3. The van der Waals surface area contributed by atoms with Gasteiger partial charge < -0.3 is 5.73 Å². The van der Waals surface area contributed by atoms with E-state index in [0.717, 1.165) is 5.52 Å². The number of fused-ring (bicyclic) bond motifs is 1. The van der Waals surface area contributed by atoms with Crippen molar-refractivity contribution in [3.05, 3.63) is 36.2 Å². The van der Waals surface area contributed by atoms with Gasteiger partial charge in [-0.1, -0.05) is 0 Å². The average molecular weight is 161 g/mol. The lowest BCUT2D eigenvalue weighted by atomic mass is 10.2. The van der Waals surface area contributed by atoms with Gasteiger partial charge in [0, 0.05) is 12.4 Å². The van der Waals surface area contributed by atoms with E-state index in [1.807, 2.05) is 0 Å². The predicted octanol–water partition coefficient (Wildman–Crippen LogP) is 0.433. The van der Waals surface area contributed by atoms with Crippen LogP contribution < -0.4 is 5.73 Å². The molecule has 0 spiro atoms. The maximum Gasteiger partial charge on any atom is 0.250 e. The summed E-state index contributed by atoms with van der Waals surface area (Å²) in [5, 5.41) is 3.99. The summed E-state index contributed by atoms with van der Waals surface area (Å²) in [6.45, 7) is 0. The summed E-state index contributed by atoms with van der Waals surface area (Å²) in [7, 11) is 0. The zero-order chi connectivity index (χ0) is 8.55. The lowest BCUT2D eigenvalue weighted by Gasteiger charge is -1.92. The second-order valence-electron chi connectivity index (χ2n) is 2.45. The van der Waals surface area contributed by atoms with Crippen LogP contribution in [0.4, 0.5) is 0 Å². The smallest absolute Gasteiger partial charge is 0.250 e. The molecule has 0 bridgehead atoms. The van der Waals surface area contributed by atoms with Gasteiger partial charge in [-0.05, 0) is 18.2 Å². The fraction of sp³-hybridized carbons (Fsp3) is 0. The molecule has 4 nitrogen and oxygen atoms in total. The molecule has 12 heavy (non-hydrogen) atoms. The molecule has 1 amide bonds. The number of amides is 1. The minimum Gasteiger partial charge on any atom is -0.366 e. The number of primary amides is 1. The zero-order valence-corrected chi connectivity index (χ0v) is 6.27. The molecule has 4 heteroatoms. The Morgan fingerprint density at radius 3 is 3.08 bits per heavy atom. The van der Waals surface area contributed by atoms with Crippen molar-refractivity contribution >= 4 is 11.4 Å². The van der Waals surface area contributed by atoms with Gasteiger partial charge in [0.05, 0.1) is 11.1 Å². The Balaban J connectivity index is 2.79. The van der Waals surface area contributed by atoms with Gasteiger partial charge in [-0.25, -0.2) is 4.52 Å². The highest BCUT2D eigenvalue weighted by atomic mass is 16.1. The Bertz CT molecular complexity index is 433. The number of carbonyl (C=O) groups excluding carboxylic acids is 1. The number of nitrogens with zero attached hydrogens (tertiary/aromatic N) is 2. The number of nitrogens with two attached hydrogens (primary N) is 1. The van der Waals surface area contributed by atoms with Crippen LogP contribution in [-0.2, 0) is 0 Å². The SMILES string of the molecule is NC(=O)c1ccn2ncccc12. The van der Waals surface area contributed by atoms with Crippen LogP contribution in [0.1, 0.15) is 10.4 Å². The van der Waals surface area contributed by atoms with Gasteiger partial charge in [0.1, 0.15) is 0 Å². The summed E-state index contributed by atoms with van der Waals surface area (Å²) >= 11 is 0. The molecule has 0 aliphatic rings. The third-order valence-electron chi connectivity index (χ3n) is 1.70. The quantitative estimate of drug-likeness (QED) is 0.659. The van der Waals surface area contributed by atoms with Crippen molar-refractivity contribution in [1.82, 2.24) is 9.61 Å². The predicted molar refractivity (Wildman–Crippen MR) is 43.7 cm³/mol. The van der Waals surface area contributed by atoms with E-state index >= 15 is 0 Å². The average Bonchev–Trinajstić information content (AvgIpc) is 2.47. The molecule has 0 saturated heterocycles. The molecule has 2 rings (SSSR count). The van der Waals surface area contributed by atoms with Crippen LogP contribution in [0.2, 0.25) is 0 Å². The van der Waals surface area contributed by atoms with Crippen LogP contribution >= 0.6 is 0 Å². The van der Waals surface area contributed by atoms with Crippen molar-refractivity contribution < 1.29 is 4.79 Å². The standard InChI is InChI=1S/C8H7N3O/c9-8(12)6-3-5-11-7(6)2-1-4-10-11/h1-5H,(H2,9,12). The molecule has 0 radical (unpaired) electrons. The monoisotopic (exact) mass is 161 g/mol. The molecule has 0 aliphatic heterocycles. The summed E-state index contributed by atoms with van der Waals surface area (Å²) in [6, 6.07) is 5.22. The van der Waals surface area contributed by atoms with Crippen molar-refractivity contribution in [2.24, 2.45) is 5.73 Å². The number of carbonyl (C=O) groups is 1. The second kappa shape index (κ2) is 2.34. The third kappa shape index (κ3) is 0.852. The highest BCUT2D eigenvalue weighted by molar-refractivity contribution is 5.99. The number of hydrogen-bond acceptors (Lipinski definition) is 2. The fourth-order valence-corrected chi connectivity index (χ4v) is 1.15. The maximum atomic E-state index is 10.9. The Morgan fingerprint density at radius 1 is 1.50 bits per heavy atom. The Hall–Kier alpha value is -1.84. The lowest BCUT2D eigenvalue weighted by Crippen LogP contribution is -2.10. The molecule has 2 aromatic heterocycles. The van der Waals surface area contributed by atoms with Gasteiger partial charge in [-0.2, -0.15) is 5.10 Å². The van der Waals surface area contributed by atoms with Gasteiger partial charge in [-0.15, -0.1) is 0 Å². The number of rotatable bonds is 1. The van der Waals surface area contributed by atoms with E-state index in [-0.39, 0.29) is 0 Å². The van der Waals surface area contributed by atoms with Crippen LogP contribution in [0.3, 0.4) is 0 Å². The first kappa shape index (κ1) is 6.84. The fourth-order valence-electron chi connectivity index (χ4n) is 1.15. The number of aromatic nitrogens is 2. The van der Waals surface area contributed by atoms with Crippen molar-refractivity contribution in [2.75, 3.05) is 0 Å². The van der Waals surface area contributed by atoms with Crippen molar-refractivity contribution in [2.45, 2.75) is 0 Å². The molecule has 60 valence electrons. The molecule has 0 fully saturated rings.